The van der Waals surface area contributed by atoms with Gasteiger partial charge in [-0.3, -0.25) is 14.7 Å². The van der Waals surface area contributed by atoms with E-state index in [2.05, 4.69) is 15.6 Å². The molecular formula is C20H18ClN5OS. The number of benzene rings is 2. The summed E-state index contributed by atoms with van der Waals surface area (Å²) in [5, 5.41) is 6.88. The van der Waals surface area contributed by atoms with Gasteiger partial charge in [0.05, 0.1) is 10.7 Å². The summed E-state index contributed by atoms with van der Waals surface area (Å²) in [4.78, 5) is 23.0. The van der Waals surface area contributed by atoms with Crippen molar-refractivity contribution in [1.29, 1.82) is 0 Å². The number of aryl methyl sites for hydroxylation is 1. The third kappa shape index (κ3) is 3.63. The fraction of sp³-hybridized carbons (Fsp3) is 0.150. The van der Waals surface area contributed by atoms with E-state index >= 15 is 0 Å². The molecule has 1 aromatic heterocycles. The van der Waals surface area contributed by atoms with E-state index in [4.69, 9.17) is 16.6 Å². The Bertz CT molecular complexity index is 1110. The van der Waals surface area contributed by atoms with Crippen LogP contribution in [0.2, 0.25) is 5.02 Å². The molecule has 2 N–H and O–H groups in total. The predicted molar refractivity (Wildman–Crippen MR) is 116 cm³/mol. The van der Waals surface area contributed by atoms with Crippen LogP contribution in [0.25, 0.3) is 0 Å². The summed E-state index contributed by atoms with van der Waals surface area (Å²) in [6.45, 7) is 1.79. The fourth-order valence-corrected chi connectivity index (χ4v) is 3.59. The average Bonchev–Trinajstić information content (AvgIpc) is 2.69. The standard InChI is InChI=1S/C20H18ClN5OS/c1-12-11-17(27)26-18(13-7-9-14(28-2)10-8-13)24-19(25-20(26)22-12)23-16-6-4-3-5-15(16)21/h3-11,18H,1-2H3,(H2,22,23,24,25)/t18-/m1/s1. The van der Waals surface area contributed by atoms with Crippen molar-refractivity contribution in [2.24, 2.45) is 4.99 Å². The predicted octanol–water partition coefficient (Wildman–Crippen LogP) is 4.37. The Hall–Kier alpha value is -2.77. The largest absolute Gasteiger partial charge is 0.325 e. The molecule has 3 aromatic rings. The topological polar surface area (TPSA) is 71.3 Å². The molecule has 2 aromatic carbocycles. The molecule has 28 heavy (non-hydrogen) atoms. The molecule has 0 aliphatic carbocycles. The van der Waals surface area contributed by atoms with Crippen LogP contribution >= 0.6 is 23.4 Å². The van der Waals surface area contributed by atoms with E-state index in [9.17, 15) is 4.79 Å². The number of hydrogen-bond acceptors (Lipinski definition) is 6. The van der Waals surface area contributed by atoms with Gasteiger partial charge in [-0.2, -0.15) is 0 Å². The zero-order chi connectivity index (χ0) is 19.7. The number of anilines is 2. The number of nitrogens with one attached hydrogen (secondary N) is 2. The number of para-hydroxylation sites is 1. The highest BCUT2D eigenvalue weighted by molar-refractivity contribution is 7.98. The number of guanidine groups is 1. The Morgan fingerprint density at radius 3 is 2.64 bits per heavy atom. The summed E-state index contributed by atoms with van der Waals surface area (Å²) in [5.74, 6) is 0.915. The van der Waals surface area contributed by atoms with Crippen LogP contribution in [0.3, 0.4) is 0 Å². The van der Waals surface area contributed by atoms with Crippen molar-refractivity contribution in [3.05, 3.63) is 81.2 Å². The molecular weight excluding hydrogens is 394 g/mol. The maximum atomic E-state index is 12.7. The maximum absolute atomic E-state index is 12.7. The molecule has 0 saturated heterocycles. The molecule has 142 valence electrons. The van der Waals surface area contributed by atoms with Gasteiger partial charge in [-0.1, -0.05) is 35.9 Å². The maximum Gasteiger partial charge on any atom is 0.257 e. The lowest BCUT2D eigenvalue weighted by molar-refractivity contribution is 0.577. The van der Waals surface area contributed by atoms with Gasteiger partial charge in [0.25, 0.3) is 5.56 Å². The molecule has 4 rings (SSSR count). The zero-order valence-electron chi connectivity index (χ0n) is 15.3. The van der Waals surface area contributed by atoms with Crippen molar-refractivity contribution in [2.45, 2.75) is 18.0 Å². The van der Waals surface area contributed by atoms with Gasteiger partial charge in [-0.25, -0.2) is 9.98 Å². The molecule has 0 spiro atoms. The van der Waals surface area contributed by atoms with Crippen LogP contribution in [-0.4, -0.2) is 21.8 Å². The molecule has 8 heteroatoms. The van der Waals surface area contributed by atoms with Gasteiger partial charge in [0.1, 0.15) is 0 Å². The van der Waals surface area contributed by atoms with Crippen LogP contribution in [-0.2, 0) is 0 Å². The number of hydrogen-bond donors (Lipinski definition) is 2. The number of nitrogens with zero attached hydrogens (tertiary/aromatic N) is 3. The monoisotopic (exact) mass is 411 g/mol. The average molecular weight is 412 g/mol. The molecule has 0 amide bonds. The molecule has 0 bridgehead atoms. The molecule has 2 heterocycles. The van der Waals surface area contributed by atoms with Crippen molar-refractivity contribution >= 4 is 41.0 Å². The van der Waals surface area contributed by atoms with Crippen molar-refractivity contribution in [3.8, 4) is 0 Å². The van der Waals surface area contributed by atoms with Crippen molar-refractivity contribution < 1.29 is 0 Å². The molecule has 1 atom stereocenters. The minimum Gasteiger partial charge on any atom is -0.325 e. The van der Waals surface area contributed by atoms with Gasteiger partial charge in [0.2, 0.25) is 11.9 Å². The smallest absolute Gasteiger partial charge is 0.257 e. The Balaban J connectivity index is 1.79. The van der Waals surface area contributed by atoms with Gasteiger partial charge in [0, 0.05) is 16.7 Å². The highest BCUT2D eigenvalue weighted by Crippen LogP contribution is 2.28. The van der Waals surface area contributed by atoms with Crippen LogP contribution < -0.4 is 16.2 Å². The summed E-state index contributed by atoms with van der Waals surface area (Å²) < 4.78 is 1.55. The quantitative estimate of drug-likeness (QED) is 0.626. The van der Waals surface area contributed by atoms with E-state index in [0.717, 1.165) is 16.1 Å². The first kappa shape index (κ1) is 18.6. The van der Waals surface area contributed by atoms with Gasteiger partial charge in [-0.15, -0.1) is 11.8 Å². The number of fused-ring (bicyclic) bond motifs is 1. The first-order valence-electron chi connectivity index (χ1n) is 8.65. The molecule has 6 nitrogen and oxygen atoms in total. The van der Waals surface area contributed by atoms with Crippen LogP contribution in [0, 0.1) is 6.92 Å². The number of aromatic nitrogens is 2. The third-order valence-electron chi connectivity index (χ3n) is 4.35. The lowest BCUT2D eigenvalue weighted by atomic mass is 10.1. The van der Waals surface area contributed by atoms with E-state index in [1.807, 2.05) is 48.7 Å². The minimum atomic E-state index is -0.530. The van der Waals surface area contributed by atoms with Gasteiger partial charge < -0.3 is 5.32 Å². The van der Waals surface area contributed by atoms with Gasteiger partial charge >= 0.3 is 0 Å². The number of thioether (sulfide) groups is 1. The van der Waals surface area contributed by atoms with Crippen LogP contribution in [0.15, 0.2) is 69.3 Å². The van der Waals surface area contributed by atoms with E-state index in [-0.39, 0.29) is 5.56 Å². The molecule has 0 saturated carbocycles. The van der Waals surface area contributed by atoms with Crippen molar-refractivity contribution in [1.82, 2.24) is 9.55 Å². The second-order valence-electron chi connectivity index (χ2n) is 6.28. The summed E-state index contributed by atoms with van der Waals surface area (Å²) in [7, 11) is 0. The number of halogens is 1. The van der Waals surface area contributed by atoms with E-state index in [1.165, 1.54) is 6.07 Å². The normalized spacial score (nSPS) is 15.4. The molecule has 0 radical (unpaired) electrons. The van der Waals surface area contributed by atoms with Gasteiger partial charge in [-0.05, 0) is 43.0 Å². The molecule has 0 fully saturated rings. The van der Waals surface area contributed by atoms with E-state index in [1.54, 1.807) is 29.3 Å². The Morgan fingerprint density at radius 2 is 1.93 bits per heavy atom. The highest BCUT2D eigenvalue weighted by Gasteiger charge is 2.25. The fourth-order valence-electron chi connectivity index (χ4n) is 3.00. The van der Waals surface area contributed by atoms with Gasteiger partial charge in [0.15, 0.2) is 6.17 Å². The summed E-state index contributed by atoms with van der Waals surface area (Å²) >= 11 is 7.93. The minimum absolute atomic E-state index is 0.158. The van der Waals surface area contributed by atoms with Crippen LogP contribution in [0.4, 0.5) is 11.6 Å². The highest BCUT2D eigenvalue weighted by atomic mass is 35.5. The van der Waals surface area contributed by atoms with Crippen LogP contribution in [0.5, 0.6) is 0 Å². The zero-order valence-corrected chi connectivity index (χ0v) is 16.9. The lowest BCUT2D eigenvalue weighted by Gasteiger charge is -2.27. The third-order valence-corrected chi connectivity index (χ3v) is 5.42. The Kier molecular flexibility index (Phi) is 5.11. The van der Waals surface area contributed by atoms with E-state index in [0.29, 0.717) is 22.6 Å². The summed E-state index contributed by atoms with van der Waals surface area (Å²) in [5.41, 5.74) is 2.09. The second kappa shape index (κ2) is 7.69. The van der Waals surface area contributed by atoms with Crippen molar-refractivity contribution in [2.75, 3.05) is 16.9 Å². The number of rotatable bonds is 3. The van der Waals surface area contributed by atoms with E-state index < -0.39 is 6.17 Å². The molecule has 1 aliphatic heterocycles. The van der Waals surface area contributed by atoms with Crippen molar-refractivity contribution in [3.63, 3.8) is 0 Å². The van der Waals surface area contributed by atoms with Crippen LogP contribution in [0.1, 0.15) is 17.4 Å². The Morgan fingerprint density at radius 1 is 1.18 bits per heavy atom. The molecule has 0 unspecified atom stereocenters. The lowest BCUT2D eigenvalue weighted by Crippen LogP contribution is -2.37. The molecule has 1 aliphatic rings. The first-order valence-corrected chi connectivity index (χ1v) is 10.3. The Labute approximate surface area is 171 Å². The number of aliphatic imine (C=N–C) groups is 1. The first-order chi connectivity index (χ1) is 13.5. The summed E-state index contributed by atoms with van der Waals surface area (Å²) in [6.07, 6.45) is 1.49. The summed E-state index contributed by atoms with van der Waals surface area (Å²) in [6, 6.07) is 16.9. The second-order valence-corrected chi connectivity index (χ2v) is 7.57. The SMILES string of the molecule is CSc1ccc([C@@H]2N=C(Nc3ccccc3Cl)Nc3nc(C)cc(=O)n32)cc1.